The molecule has 0 radical (unpaired) electrons. The van der Waals surface area contributed by atoms with E-state index < -0.39 is 11.5 Å². The van der Waals surface area contributed by atoms with Gasteiger partial charge < -0.3 is 10.2 Å². The van der Waals surface area contributed by atoms with Crippen LogP contribution in [-0.2, 0) is 16.6 Å². The smallest absolute Gasteiger partial charge is 0.272 e. The quantitative estimate of drug-likeness (QED) is 0.439. The summed E-state index contributed by atoms with van der Waals surface area (Å²) in [6.07, 6.45) is 5.08. The Labute approximate surface area is 201 Å². The van der Waals surface area contributed by atoms with Gasteiger partial charge in [0, 0.05) is 37.3 Å². The van der Waals surface area contributed by atoms with E-state index in [0.717, 1.165) is 39.4 Å². The standard InChI is InChI=1S/C26H24N6O3/c1-15(25(34)31(4)19-10-11-19)28-24(33)16(2)32-14-27-23-20(6-5-7-21(23)26(32)35)17-8-9-18-13-30(3)29-22(18)12-17/h5-9,12-14,19H,1-2,10-11H2,3-4H3,(H,28,33). The second kappa shape index (κ2) is 8.35. The maximum Gasteiger partial charge on any atom is 0.272 e. The first-order valence-corrected chi connectivity index (χ1v) is 11.2. The SMILES string of the molecule is C=C(NC(=O)C(=C)n1cnc2c(-c3ccc4cn(C)nc4c3)cccc2c1=O)C(=O)N(C)C1CC1. The highest BCUT2D eigenvalue weighted by Crippen LogP contribution is 2.28. The zero-order valence-corrected chi connectivity index (χ0v) is 19.5. The number of hydrogen-bond acceptors (Lipinski definition) is 5. The van der Waals surface area contributed by atoms with E-state index in [4.69, 9.17) is 0 Å². The first-order chi connectivity index (χ1) is 16.7. The predicted octanol–water partition coefficient (Wildman–Crippen LogP) is 2.67. The van der Waals surface area contributed by atoms with Crippen LogP contribution in [0, 0.1) is 0 Å². The van der Waals surface area contributed by atoms with Gasteiger partial charge in [0.2, 0.25) is 0 Å². The van der Waals surface area contributed by atoms with E-state index in [0.29, 0.717) is 10.9 Å². The van der Waals surface area contributed by atoms with E-state index >= 15 is 0 Å². The molecule has 176 valence electrons. The lowest BCUT2D eigenvalue weighted by Gasteiger charge is -2.18. The minimum Gasteiger partial charge on any atom is -0.337 e. The molecule has 5 rings (SSSR count). The van der Waals surface area contributed by atoms with Crippen molar-refractivity contribution in [3.05, 3.63) is 78.1 Å². The van der Waals surface area contributed by atoms with Crippen molar-refractivity contribution in [1.82, 2.24) is 29.5 Å². The van der Waals surface area contributed by atoms with Crippen LogP contribution < -0.4 is 10.9 Å². The molecular formula is C26H24N6O3. The van der Waals surface area contributed by atoms with Crippen molar-refractivity contribution >= 4 is 39.3 Å². The highest BCUT2D eigenvalue weighted by molar-refractivity contribution is 6.15. The summed E-state index contributed by atoms with van der Waals surface area (Å²) in [4.78, 5) is 44.4. The van der Waals surface area contributed by atoms with Crippen molar-refractivity contribution in [3.63, 3.8) is 0 Å². The van der Waals surface area contributed by atoms with Gasteiger partial charge in [-0.15, -0.1) is 0 Å². The molecule has 0 atom stereocenters. The Hall–Kier alpha value is -4.53. The minimum absolute atomic E-state index is 0.0699. The number of nitrogens with zero attached hydrogens (tertiary/aromatic N) is 5. The topological polar surface area (TPSA) is 102 Å². The van der Waals surface area contributed by atoms with Gasteiger partial charge in [-0.05, 0) is 30.5 Å². The zero-order chi connectivity index (χ0) is 24.9. The number of amides is 2. The van der Waals surface area contributed by atoms with Crippen molar-refractivity contribution in [2.75, 3.05) is 7.05 Å². The summed E-state index contributed by atoms with van der Waals surface area (Å²) in [5.41, 5.74) is 2.31. The van der Waals surface area contributed by atoms with Crippen LogP contribution >= 0.6 is 0 Å². The van der Waals surface area contributed by atoms with Crippen LogP contribution in [0.15, 0.2) is 72.6 Å². The molecule has 0 aliphatic heterocycles. The summed E-state index contributed by atoms with van der Waals surface area (Å²) in [6, 6.07) is 11.4. The monoisotopic (exact) mass is 468 g/mol. The molecule has 35 heavy (non-hydrogen) atoms. The number of carbonyl (C=O) groups excluding carboxylic acids is 2. The Morgan fingerprint density at radius 3 is 2.69 bits per heavy atom. The first kappa shape index (κ1) is 22.3. The highest BCUT2D eigenvalue weighted by Gasteiger charge is 2.31. The fourth-order valence-corrected chi connectivity index (χ4v) is 4.10. The van der Waals surface area contributed by atoms with Crippen LogP contribution in [0.4, 0.5) is 0 Å². The number of aromatic nitrogens is 4. The van der Waals surface area contributed by atoms with Gasteiger partial charge in [0.1, 0.15) is 12.0 Å². The second-order valence-electron chi connectivity index (χ2n) is 8.72. The average Bonchev–Trinajstić information content (AvgIpc) is 3.63. The van der Waals surface area contributed by atoms with Crippen molar-refractivity contribution in [2.45, 2.75) is 18.9 Å². The molecule has 2 heterocycles. The maximum absolute atomic E-state index is 13.3. The van der Waals surface area contributed by atoms with Crippen molar-refractivity contribution in [1.29, 1.82) is 0 Å². The molecule has 0 spiro atoms. The Kier molecular flexibility index (Phi) is 5.32. The molecule has 9 nitrogen and oxygen atoms in total. The van der Waals surface area contributed by atoms with Gasteiger partial charge in [-0.3, -0.25) is 23.6 Å². The van der Waals surface area contributed by atoms with Crippen molar-refractivity contribution in [3.8, 4) is 11.1 Å². The van der Waals surface area contributed by atoms with E-state index in [1.807, 2.05) is 37.5 Å². The molecule has 2 aromatic carbocycles. The van der Waals surface area contributed by atoms with E-state index in [1.165, 1.54) is 6.33 Å². The molecule has 1 aliphatic rings. The third-order valence-electron chi connectivity index (χ3n) is 6.21. The Morgan fingerprint density at radius 2 is 1.94 bits per heavy atom. The molecule has 4 aromatic rings. The van der Waals surface area contributed by atoms with E-state index in [9.17, 15) is 14.4 Å². The lowest BCUT2D eigenvalue weighted by Crippen LogP contribution is -2.38. The third-order valence-corrected chi connectivity index (χ3v) is 6.21. The maximum atomic E-state index is 13.3. The second-order valence-corrected chi connectivity index (χ2v) is 8.72. The molecule has 1 N–H and O–H groups in total. The predicted molar refractivity (Wildman–Crippen MR) is 134 cm³/mol. The molecule has 0 saturated heterocycles. The van der Waals surface area contributed by atoms with Crippen molar-refractivity contribution < 1.29 is 9.59 Å². The minimum atomic E-state index is -0.701. The van der Waals surface area contributed by atoms with Gasteiger partial charge in [-0.25, -0.2) is 4.98 Å². The van der Waals surface area contributed by atoms with Gasteiger partial charge in [-0.1, -0.05) is 37.4 Å². The molecule has 0 bridgehead atoms. The highest BCUT2D eigenvalue weighted by atomic mass is 16.2. The number of carbonyl (C=O) groups is 2. The lowest BCUT2D eigenvalue weighted by molar-refractivity contribution is -0.128. The number of hydrogen-bond donors (Lipinski definition) is 1. The van der Waals surface area contributed by atoms with Gasteiger partial charge in [0.05, 0.1) is 22.1 Å². The third kappa shape index (κ3) is 4.01. The molecule has 1 aliphatic carbocycles. The number of likely N-dealkylation sites (N-methyl/N-ethyl adjacent to an activating group) is 1. The van der Waals surface area contributed by atoms with Crippen molar-refractivity contribution in [2.24, 2.45) is 7.05 Å². The molecular weight excluding hydrogens is 444 g/mol. The lowest BCUT2D eigenvalue weighted by atomic mass is 10.0. The molecule has 9 heteroatoms. The fraction of sp³-hybridized carbons (Fsp3) is 0.192. The molecule has 0 unspecified atom stereocenters. The van der Waals surface area contributed by atoms with Crippen LogP contribution in [0.1, 0.15) is 12.8 Å². The Bertz CT molecular complexity index is 1610. The van der Waals surface area contributed by atoms with Gasteiger partial charge in [0.25, 0.3) is 17.4 Å². The molecule has 1 saturated carbocycles. The summed E-state index contributed by atoms with van der Waals surface area (Å²) in [5, 5.41) is 8.25. The van der Waals surface area contributed by atoms with Gasteiger partial charge >= 0.3 is 0 Å². The Balaban J connectivity index is 1.44. The van der Waals surface area contributed by atoms with Gasteiger partial charge in [0.15, 0.2) is 0 Å². The van der Waals surface area contributed by atoms with E-state index in [2.05, 4.69) is 28.6 Å². The molecule has 2 aromatic heterocycles. The number of rotatable bonds is 6. The Morgan fingerprint density at radius 1 is 1.17 bits per heavy atom. The molecule has 1 fully saturated rings. The van der Waals surface area contributed by atoms with Crippen LogP contribution in [0.2, 0.25) is 0 Å². The van der Waals surface area contributed by atoms with Crippen LogP contribution in [0.5, 0.6) is 0 Å². The van der Waals surface area contributed by atoms with E-state index in [-0.39, 0.29) is 23.3 Å². The average molecular weight is 469 g/mol. The number of aryl methyl sites for hydroxylation is 1. The van der Waals surface area contributed by atoms with E-state index in [1.54, 1.807) is 28.8 Å². The molecule has 2 amide bonds. The van der Waals surface area contributed by atoms with Crippen LogP contribution in [0.3, 0.4) is 0 Å². The number of benzene rings is 2. The van der Waals surface area contributed by atoms with Crippen LogP contribution in [0.25, 0.3) is 38.6 Å². The summed E-state index contributed by atoms with van der Waals surface area (Å²) < 4.78 is 2.82. The summed E-state index contributed by atoms with van der Waals surface area (Å²) in [6.45, 7) is 7.42. The number of nitrogens with one attached hydrogen (secondary N) is 1. The summed E-state index contributed by atoms with van der Waals surface area (Å²) in [7, 11) is 3.54. The largest absolute Gasteiger partial charge is 0.337 e. The normalized spacial score (nSPS) is 13.1. The fourth-order valence-electron chi connectivity index (χ4n) is 4.10. The number of para-hydroxylation sites is 1. The summed E-state index contributed by atoms with van der Waals surface area (Å²) >= 11 is 0. The number of fused-ring (bicyclic) bond motifs is 2. The van der Waals surface area contributed by atoms with Gasteiger partial charge in [-0.2, -0.15) is 5.10 Å². The summed E-state index contributed by atoms with van der Waals surface area (Å²) in [5.74, 6) is -1.07. The zero-order valence-electron chi connectivity index (χ0n) is 19.5. The first-order valence-electron chi connectivity index (χ1n) is 11.2. The van der Waals surface area contributed by atoms with Crippen LogP contribution in [-0.4, -0.2) is 49.1 Å².